The van der Waals surface area contributed by atoms with Crippen LogP contribution in [0.3, 0.4) is 0 Å². The summed E-state index contributed by atoms with van der Waals surface area (Å²) in [5, 5.41) is 0. The van der Waals surface area contributed by atoms with Gasteiger partial charge in [0.25, 0.3) is 0 Å². The van der Waals surface area contributed by atoms with Crippen LogP contribution in [0.4, 0.5) is 0 Å². The third-order valence-corrected chi connectivity index (χ3v) is 2.15. The fourth-order valence-corrected chi connectivity index (χ4v) is 1.05. The summed E-state index contributed by atoms with van der Waals surface area (Å²) in [7, 11) is 0. The first-order chi connectivity index (χ1) is 5.25. The van der Waals surface area contributed by atoms with Gasteiger partial charge in [-0.2, -0.15) is 0 Å². The molecule has 0 aromatic heterocycles. The van der Waals surface area contributed by atoms with Crippen LogP contribution >= 0.6 is 0 Å². The summed E-state index contributed by atoms with van der Waals surface area (Å²) >= 11 is 0. The lowest BCUT2D eigenvalue weighted by Gasteiger charge is -2.17. The van der Waals surface area contributed by atoms with Crippen LogP contribution in [0.1, 0.15) is 20.3 Å². The highest BCUT2D eigenvalue weighted by Gasteiger charge is 2.20. The molecule has 0 saturated carbocycles. The second-order valence-corrected chi connectivity index (χ2v) is 2.98. The van der Waals surface area contributed by atoms with Crippen molar-refractivity contribution in [1.29, 1.82) is 0 Å². The largest absolute Gasteiger partial charge is 0.478 e. The van der Waals surface area contributed by atoms with Crippen LogP contribution in [0.5, 0.6) is 0 Å². The van der Waals surface area contributed by atoms with Crippen molar-refractivity contribution >= 4 is 5.90 Å². The average Bonchev–Trinajstić information content (AvgIpc) is 2.53. The van der Waals surface area contributed by atoms with E-state index < -0.39 is 0 Å². The lowest BCUT2D eigenvalue weighted by atomic mass is 10.0. The van der Waals surface area contributed by atoms with Gasteiger partial charge in [0, 0.05) is 0 Å². The summed E-state index contributed by atoms with van der Waals surface area (Å²) in [5.74, 6) is 1.21. The van der Waals surface area contributed by atoms with Gasteiger partial charge in [-0.05, 0) is 5.92 Å². The number of rotatable bonds is 3. The first-order valence-electron chi connectivity index (χ1n) is 4.18. The van der Waals surface area contributed by atoms with E-state index in [1.165, 1.54) is 0 Å². The Morgan fingerprint density at radius 2 is 2.45 bits per heavy atom. The Balaban J connectivity index is 2.45. The lowest BCUT2D eigenvalue weighted by molar-refractivity contribution is 0.318. The van der Waals surface area contributed by atoms with Crippen molar-refractivity contribution in [1.82, 2.24) is 0 Å². The molecule has 0 spiro atoms. The zero-order chi connectivity index (χ0) is 8.27. The van der Waals surface area contributed by atoms with Gasteiger partial charge in [-0.25, -0.2) is 0 Å². The number of hydrogen-bond donors (Lipinski definition) is 1. The normalized spacial score (nSPS) is 22.3. The maximum absolute atomic E-state index is 5.88. The van der Waals surface area contributed by atoms with Gasteiger partial charge in [0.2, 0.25) is 5.90 Å². The highest BCUT2D eigenvalue weighted by Crippen LogP contribution is 2.10. The molecule has 2 N–H and O–H groups in total. The number of ether oxygens (including phenoxy) is 1. The summed E-state index contributed by atoms with van der Waals surface area (Å²) in [5.41, 5.74) is 5.88. The molecule has 0 fully saturated rings. The molecule has 0 bridgehead atoms. The van der Waals surface area contributed by atoms with Crippen molar-refractivity contribution in [2.45, 2.75) is 26.3 Å². The Kier molecular flexibility index (Phi) is 2.88. The molecule has 2 atom stereocenters. The molecule has 1 heterocycles. The van der Waals surface area contributed by atoms with Crippen LogP contribution in [0.15, 0.2) is 4.99 Å². The Hall–Kier alpha value is -0.570. The van der Waals surface area contributed by atoms with Crippen molar-refractivity contribution in [3.05, 3.63) is 0 Å². The van der Waals surface area contributed by atoms with E-state index in [-0.39, 0.29) is 6.04 Å². The Labute approximate surface area is 67.6 Å². The van der Waals surface area contributed by atoms with Crippen molar-refractivity contribution in [3.63, 3.8) is 0 Å². The Morgan fingerprint density at radius 1 is 1.73 bits per heavy atom. The zero-order valence-corrected chi connectivity index (χ0v) is 7.21. The maximum Gasteiger partial charge on any atom is 0.201 e. The van der Waals surface area contributed by atoms with Crippen LogP contribution < -0.4 is 5.73 Å². The highest BCUT2D eigenvalue weighted by molar-refractivity contribution is 5.82. The molecule has 3 heteroatoms. The second-order valence-electron chi connectivity index (χ2n) is 2.98. The predicted octanol–water partition coefficient (Wildman–Crippen LogP) is 0.789. The number of nitrogens with zero attached hydrogens (tertiary/aromatic N) is 1. The summed E-state index contributed by atoms with van der Waals surface area (Å²) in [6.07, 6.45) is 1.07. The molecule has 0 aromatic carbocycles. The van der Waals surface area contributed by atoms with E-state index in [4.69, 9.17) is 10.5 Å². The van der Waals surface area contributed by atoms with E-state index in [2.05, 4.69) is 18.8 Å². The number of hydrogen-bond acceptors (Lipinski definition) is 3. The quantitative estimate of drug-likeness (QED) is 0.656. The minimum atomic E-state index is 0.00231. The maximum atomic E-state index is 5.88. The standard InChI is InChI=1S/C8H16N2O/c1-3-6(2)7(9)8-10-4-5-11-8/h6-7H,3-5,9H2,1-2H3/t6-,7?/m0/s1. The van der Waals surface area contributed by atoms with E-state index in [1.54, 1.807) is 0 Å². The second kappa shape index (κ2) is 3.72. The van der Waals surface area contributed by atoms with Gasteiger partial charge in [0.05, 0.1) is 12.6 Å². The van der Waals surface area contributed by atoms with E-state index >= 15 is 0 Å². The average molecular weight is 156 g/mol. The van der Waals surface area contributed by atoms with Crippen LogP contribution in [0.2, 0.25) is 0 Å². The van der Waals surface area contributed by atoms with E-state index in [9.17, 15) is 0 Å². The first-order valence-corrected chi connectivity index (χ1v) is 4.18. The van der Waals surface area contributed by atoms with Crippen molar-refractivity contribution in [2.24, 2.45) is 16.6 Å². The molecule has 0 saturated heterocycles. The Morgan fingerprint density at radius 3 is 2.91 bits per heavy atom. The molecule has 0 aliphatic carbocycles. The third-order valence-electron chi connectivity index (χ3n) is 2.15. The van der Waals surface area contributed by atoms with Crippen molar-refractivity contribution in [2.75, 3.05) is 13.2 Å². The van der Waals surface area contributed by atoms with Gasteiger partial charge in [0.15, 0.2) is 0 Å². The highest BCUT2D eigenvalue weighted by atomic mass is 16.5. The van der Waals surface area contributed by atoms with Crippen molar-refractivity contribution in [3.8, 4) is 0 Å². The Bertz CT molecular complexity index is 156. The fraction of sp³-hybridized carbons (Fsp3) is 0.875. The van der Waals surface area contributed by atoms with Gasteiger partial charge in [-0.3, -0.25) is 4.99 Å². The molecule has 1 aliphatic heterocycles. The molecule has 0 aromatic rings. The third kappa shape index (κ3) is 1.93. The summed E-state index contributed by atoms with van der Waals surface area (Å²) in [6.45, 7) is 5.73. The summed E-state index contributed by atoms with van der Waals surface area (Å²) in [4.78, 5) is 4.17. The molecule has 11 heavy (non-hydrogen) atoms. The van der Waals surface area contributed by atoms with Gasteiger partial charge < -0.3 is 10.5 Å². The van der Waals surface area contributed by atoms with Crippen LogP contribution in [-0.4, -0.2) is 25.1 Å². The van der Waals surface area contributed by atoms with Gasteiger partial charge in [-0.1, -0.05) is 20.3 Å². The molecule has 0 amide bonds. The molecular formula is C8H16N2O. The van der Waals surface area contributed by atoms with Gasteiger partial charge in [-0.15, -0.1) is 0 Å². The monoisotopic (exact) mass is 156 g/mol. The molecule has 64 valence electrons. The van der Waals surface area contributed by atoms with E-state index in [1.807, 2.05) is 0 Å². The SMILES string of the molecule is CC[C@H](C)C(N)C1=NCCO1. The van der Waals surface area contributed by atoms with Gasteiger partial charge in [0.1, 0.15) is 6.61 Å². The van der Waals surface area contributed by atoms with E-state index in [0.717, 1.165) is 18.9 Å². The fourth-order valence-electron chi connectivity index (χ4n) is 1.05. The lowest BCUT2D eigenvalue weighted by Crippen LogP contribution is -2.36. The summed E-state index contributed by atoms with van der Waals surface area (Å²) in [6, 6.07) is 0.00231. The number of aliphatic imine (C=N–C) groups is 1. The number of nitrogens with two attached hydrogens (primary N) is 1. The molecule has 0 radical (unpaired) electrons. The van der Waals surface area contributed by atoms with E-state index in [0.29, 0.717) is 12.5 Å². The molecule has 1 unspecified atom stereocenters. The van der Waals surface area contributed by atoms with Crippen LogP contribution in [0.25, 0.3) is 0 Å². The topological polar surface area (TPSA) is 47.6 Å². The molecular weight excluding hydrogens is 140 g/mol. The van der Waals surface area contributed by atoms with Crippen LogP contribution in [-0.2, 0) is 4.74 Å². The van der Waals surface area contributed by atoms with Crippen molar-refractivity contribution < 1.29 is 4.74 Å². The molecule has 1 aliphatic rings. The minimum absolute atomic E-state index is 0.00231. The minimum Gasteiger partial charge on any atom is -0.478 e. The zero-order valence-electron chi connectivity index (χ0n) is 7.21. The van der Waals surface area contributed by atoms with Crippen LogP contribution in [0, 0.1) is 5.92 Å². The summed E-state index contributed by atoms with van der Waals surface area (Å²) < 4.78 is 5.26. The molecule has 3 nitrogen and oxygen atoms in total. The molecule has 1 rings (SSSR count). The predicted molar refractivity (Wildman–Crippen MR) is 45.7 cm³/mol. The first kappa shape index (κ1) is 8.53. The smallest absolute Gasteiger partial charge is 0.201 e. The van der Waals surface area contributed by atoms with Gasteiger partial charge >= 0.3 is 0 Å².